The first-order valence-corrected chi connectivity index (χ1v) is 14.2. The average Bonchev–Trinajstić information content (AvgIpc) is 3.26. The summed E-state index contributed by atoms with van der Waals surface area (Å²) >= 11 is 0. The molecule has 0 spiro atoms. The number of aliphatic hydroxyl groups excluding tert-OH is 3. The molecule has 0 radical (unpaired) electrons. The Kier molecular flexibility index (Phi) is 10.1. The van der Waals surface area contributed by atoms with Crippen LogP contribution >= 0.6 is 0 Å². The standard InChI is InChI=1S/C31H40N2O10/c1-16(41-29-25(32-17(2)35)27(37)26(36)23(14-34)42-29)24(28(38)43-31(3,4)5)33-30(39)40-15-22-20-12-8-6-10-18(20)19-11-7-9-13-21(19)22/h6-13,16,22-27,29,34,36-37H,14-15H2,1-5H3,(H,32,35)(H,33,39)/t16-,23-,24+,25-,26-,27-,29-/m1/s1. The van der Waals surface area contributed by atoms with Crippen LogP contribution in [0.2, 0.25) is 0 Å². The van der Waals surface area contributed by atoms with Gasteiger partial charge in [-0.2, -0.15) is 0 Å². The number of hydrogen-bond donors (Lipinski definition) is 5. The summed E-state index contributed by atoms with van der Waals surface area (Å²) in [6.45, 7) is 7.05. The zero-order valence-electron chi connectivity index (χ0n) is 24.9. The van der Waals surface area contributed by atoms with Crippen LogP contribution in [-0.2, 0) is 28.5 Å². The molecule has 5 N–H and O–H groups in total. The Morgan fingerprint density at radius 1 is 0.977 bits per heavy atom. The van der Waals surface area contributed by atoms with E-state index in [4.69, 9.17) is 18.9 Å². The number of alkyl carbamates (subject to hydrolysis) is 1. The number of carbonyl (C=O) groups is 3. The number of hydrogen-bond acceptors (Lipinski definition) is 10. The summed E-state index contributed by atoms with van der Waals surface area (Å²) in [7, 11) is 0. The van der Waals surface area contributed by atoms with Crippen molar-refractivity contribution in [1.82, 2.24) is 10.6 Å². The molecule has 2 aliphatic rings. The van der Waals surface area contributed by atoms with Crippen molar-refractivity contribution in [2.45, 2.75) is 88.9 Å². The van der Waals surface area contributed by atoms with E-state index in [1.165, 1.54) is 13.8 Å². The molecule has 1 saturated heterocycles. The van der Waals surface area contributed by atoms with E-state index in [-0.39, 0.29) is 12.5 Å². The quantitative estimate of drug-likeness (QED) is 0.266. The first-order valence-electron chi connectivity index (χ1n) is 14.2. The Morgan fingerprint density at radius 3 is 2.09 bits per heavy atom. The number of carbonyl (C=O) groups excluding carboxylic acids is 3. The predicted molar refractivity (Wildman–Crippen MR) is 154 cm³/mol. The molecule has 0 aromatic heterocycles. The maximum absolute atomic E-state index is 13.2. The Labute approximate surface area is 250 Å². The molecule has 7 atom stereocenters. The number of ether oxygens (including phenoxy) is 4. The highest BCUT2D eigenvalue weighted by molar-refractivity contribution is 5.83. The Balaban J connectivity index is 1.50. The van der Waals surface area contributed by atoms with Gasteiger partial charge < -0.3 is 44.9 Å². The molecule has 0 bridgehead atoms. The van der Waals surface area contributed by atoms with E-state index in [1.54, 1.807) is 20.8 Å². The van der Waals surface area contributed by atoms with Crippen LogP contribution in [0.5, 0.6) is 0 Å². The maximum atomic E-state index is 13.2. The second kappa shape index (κ2) is 13.4. The van der Waals surface area contributed by atoms with Gasteiger partial charge in [-0.25, -0.2) is 9.59 Å². The van der Waals surface area contributed by atoms with Crippen LogP contribution < -0.4 is 10.6 Å². The molecule has 2 amide bonds. The minimum absolute atomic E-state index is 0.00867. The minimum Gasteiger partial charge on any atom is -0.458 e. The van der Waals surface area contributed by atoms with Gasteiger partial charge in [0, 0.05) is 12.8 Å². The van der Waals surface area contributed by atoms with Crippen molar-refractivity contribution < 1.29 is 48.7 Å². The third-order valence-corrected chi connectivity index (χ3v) is 7.35. The van der Waals surface area contributed by atoms with Crippen molar-refractivity contribution in [1.29, 1.82) is 0 Å². The van der Waals surface area contributed by atoms with Crippen LogP contribution in [0.1, 0.15) is 51.7 Å². The highest BCUT2D eigenvalue weighted by Crippen LogP contribution is 2.44. The summed E-state index contributed by atoms with van der Waals surface area (Å²) in [5.74, 6) is -1.56. The smallest absolute Gasteiger partial charge is 0.407 e. The molecule has 234 valence electrons. The fourth-order valence-electron chi connectivity index (χ4n) is 5.38. The molecule has 1 heterocycles. The van der Waals surface area contributed by atoms with E-state index < -0.39 is 73.0 Å². The first-order chi connectivity index (χ1) is 20.3. The Morgan fingerprint density at radius 2 is 1.56 bits per heavy atom. The van der Waals surface area contributed by atoms with Gasteiger partial charge in [-0.15, -0.1) is 0 Å². The summed E-state index contributed by atoms with van der Waals surface area (Å²) in [6, 6.07) is 13.1. The fraction of sp³-hybridized carbons (Fsp3) is 0.516. The number of amides is 2. The van der Waals surface area contributed by atoms with Crippen LogP contribution in [-0.4, -0.2) is 94.9 Å². The molecule has 2 aromatic rings. The maximum Gasteiger partial charge on any atom is 0.407 e. The molecule has 43 heavy (non-hydrogen) atoms. The summed E-state index contributed by atoms with van der Waals surface area (Å²) < 4.78 is 22.7. The van der Waals surface area contributed by atoms with E-state index in [1.807, 2.05) is 48.5 Å². The lowest BCUT2D eigenvalue weighted by atomic mass is 9.96. The van der Waals surface area contributed by atoms with E-state index >= 15 is 0 Å². The van der Waals surface area contributed by atoms with Gasteiger partial charge >= 0.3 is 12.1 Å². The molecular weight excluding hydrogens is 560 g/mol. The van der Waals surface area contributed by atoms with Gasteiger partial charge in [0.15, 0.2) is 12.3 Å². The van der Waals surface area contributed by atoms with E-state index in [0.717, 1.165) is 22.3 Å². The van der Waals surface area contributed by atoms with Gasteiger partial charge in [-0.3, -0.25) is 4.79 Å². The predicted octanol–water partition coefficient (Wildman–Crippen LogP) is 1.58. The van der Waals surface area contributed by atoms with Crippen molar-refractivity contribution in [3.63, 3.8) is 0 Å². The number of aliphatic hydroxyl groups is 3. The average molecular weight is 601 g/mol. The van der Waals surface area contributed by atoms with Crippen molar-refractivity contribution in [2.24, 2.45) is 0 Å². The monoisotopic (exact) mass is 600 g/mol. The first kappa shape index (κ1) is 32.4. The third-order valence-electron chi connectivity index (χ3n) is 7.35. The molecule has 0 unspecified atom stereocenters. The highest BCUT2D eigenvalue weighted by atomic mass is 16.7. The van der Waals surface area contributed by atoms with Crippen LogP contribution in [0.3, 0.4) is 0 Å². The molecule has 2 aromatic carbocycles. The lowest BCUT2D eigenvalue weighted by Crippen LogP contribution is -2.65. The number of esters is 1. The van der Waals surface area contributed by atoms with Gasteiger partial charge in [-0.1, -0.05) is 48.5 Å². The van der Waals surface area contributed by atoms with E-state index in [9.17, 15) is 29.7 Å². The third kappa shape index (κ3) is 7.51. The van der Waals surface area contributed by atoms with Crippen LogP contribution in [0.4, 0.5) is 4.79 Å². The lowest BCUT2D eigenvalue weighted by molar-refractivity contribution is -0.282. The second-order valence-corrected chi connectivity index (χ2v) is 11.8. The van der Waals surface area contributed by atoms with Gasteiger partial charge in [-0.05, 0) is 49.9 Å². The zero-order chi connectivity index (χ0) is 31.5. The minimum atomic E-state index is -1.55. The van der Waals surface area contributed by atoms with Crippen LogP contribution in [0, 0.1) is 0 Å². The molecule has 0 saturated carbocycles. The van der Waals surface area contributed by atoms with E-state index in [0.29, 0.717) is 0 Å². The Bertz CT molecular complexity index is 1270. The molecule has 4 rings (SSSR count). The van der Waals surface area contributed by atoms with Gasteiger partial charge in [0.1, 0.15) is 36.6 Å². The SMILES string of the molecule is CC(=O)N[C@H]1[C@H](O[C@H](C)[C@H](NC(=O)OCC2c3ccccc3-c3ccccc32)C(=O)OC(C)(C)C)O[C@H](CO)[C@@H](O)[C@@H]1O. The van der Waals surface area contributed by atoms with Crippen molar-refractivity contribution in [3.8, 4) is 11.1 Å². The van der Waals surface area contributed by atoms with Gasteiger partial charge in [0.05, 0.1) is 12.7 Å². The zero-order valence-corrected chi connectivity index (χ0v) is 24.9. The van der Waals surface area contributed by atoms with Gasteiger partial charge in [0.25, 0.3) is 0 Å². The molecule has 1 fully saturated rings. The summed E-state index contributed by atoms with van der Waals surface area (Å²) in [4.78, 5) is 38.2. The Hall–Kier alpha value is -3.55. The summed E-state index contributed by atoms with van der Waals surface area (Å²) in [5, 5.41) is 35.5. The molecule has 1 aliphatic carbocycles. The number of rotatable bonds is 9. The lowest BCUT2D eigenvalue weighted by Gasteiger charge is -2.43. The van der Waals surface area contributed by atoms with Crippen LogP contribution in [0.15, 0.2) is 48.5 Å². The summed E-state index contributed by atoms with van der Waals surface area (Å²) in [6.07, 6.45) is -7.73. The number of benzene rings is 2. The van der Waals surface area contributed by atoms with Crippen molar-refractivity contribution >= 4 is 18.0 Å². The molecule has 1 aliphatic heterocycles. The highest BCUT2D eigenvalue weighted by Gasteiger charge is 2.47. The van der Waals surface area contributed by atoms with Gasteiger partial charge in [0.2, 0.25) is 5.91 Å². The fourth-order valence-corrected chi connectivity index (χ4v) is 5.38. The molecule has 12 heteroatoms. The number of nitrogens with one attached hydrogen (secondary N) is 2. The molecule has 12 nitrogen and oxygen atoms in total. The largest absolute Gasteiger partial charge is 0.458 e. The normalized spacial score (nSPS) is 24.7. The topological polar surface area (TPSA) is 173 Å². The van der Waals surface area contributed by atoms with E-state index in [2.05, 4.69) is 10.6 Å². The van der Waals surface area contributed by atoms with Crippen LogP contribution in [0.25, 0.3) is 11.1 Å². The summed E-state index contributed by atoms with van der Waals surface area (Å²) in [5.41, 5.74) is 3.27. The van der Waals surface area contributed by atoms with Crippen molar-refractivity contribution in [3.05, 3.63) is 59.7 Å². The number of fused-ring (bicyclic) bond motifs is 3. The second-order valence-electron chi connectivity index (χ2n) is 11.8. The van der Waals surface area contributed by atoms with Crippen molar-refractivity contribution in [2.75, 3.05) is 13.2 Å². The molecular formula is C31H40N2O10.